The van der Waals surface area contributed by atoms with E-state index in [9.17, 15) is 0 Å². The molecule has 0 N–H and O–H groups in total. The molecule has 0 radical (unpaired) electrons. The van der Waals surface area contributed by atoms with Crippen molar-refractivity contribution in [2.24, 2.45) is 0 Å². The number of pyridine rings is 1. The summed E-state index contributed by atoms with van der Waals surface area (Å²) in [6, 6.07) is 1.78. The van der Waals surface area contributed by atoms with Crippen LogP contribution in [0, 0.1) is 13.8 Å². The van der Waals surface area contributed by atoms with Crippen LogP contribution >= 0.6 is 27.5 Å². The van der Waals surface area contributed by atoms with Gasteiger partial charge < -0.3 is 0 Å². The zero-order chi connectivity index (χ0) is 11.0. The number of rotatable bonds is 1. The van der Waals surface area contributed by atoms with Gasteiger partial charge in [-0.1, -0.05) is 11.6 Å². The molecule has 0 saturated carbocycles. The van der Waals surface area contributed by atoms with E-state index in [0.29, 0.717) is 16.7 Å². The first-order valence-corrected chi connectivity index (χ1v) is 5.46. The minimum absolute atomic E-state index is 0.539. The lowest BCUT2D eigenvalue weighted by Gasteiger charge is -2.04. The van der Waals surface area contributed by atoms with E-state index in [0.717, 1.165) is 10.3 Å². The Balaban J connectivity index is 2.59. The van der Waals surface area contributed by atoms with E-state index in [1.54, 1.807) is 16.9 Å². The van der Waals surface area contributed by atoms with Crippen LogP contribution in [0.4, 0.5) is 0 Å². The number of nitrogens with zero attached hydrogens (tertiary/aromatic N) is 4. The predicted octanol–water partition coefficient (Wildman–Crippen LogP) is 2.70. The van der Waals surface area contributed by atoms with Gasteiger partial charge in [0.2, 0.25) is 0 Å². The minimum atomic E-state index is 0.539. The third kappa shape index (κ3) is 2.03. The molecular formula is C9H8BrClN4. The number of aryl methyl sites for hydroxylation is 2. The summed E-state index contributed by atoms with van der Waals surface area (Å²) in [7, 11) is 0. The standard InChI is InChI=1S/C9H8BrClN4/c1-5-13-6(2)15(14-5)9-8(11)3-7(10)4-12-9/h3-4H,1-2H3. The highest BCUT2D eigenvalue weighted by Crippen LogP contribution is 2.22. The third-order valence-corrected chi connectivity index (χ3v) is 2.58. The van der Waals surface area contributed by atoms with Crippen LogP contribution in [0.3, 0.4) is 0 Å². The van der Waals surface area contributed by atoms with Crippen LogP contribution in [0.2, 0.25) is 5.02 Å². The zero-order valence-corrected chi connectivity index (χ0v) is 10.5. The Hall–Kier alpha value is -0.940. The van der Waals surface area contributed by atoms with Gasteiger partial charge in [-0.25, -0.2) is 9.97 Å². The van der Waals surface area contributed by atoms with E-state index in [-0.39, 0.29) is 0 Å². The first-order chi connectivity index (χ1) is 7.08. The van der Waals surface area contributed by atoms with Gasteiger partial charge in [-0.3, -0.25) is 0 Å². The van der Waals surface area contributed by atoms with Crippen molar-refractivity contribution in [2.75, 3.05) is 0 Å². The normalized spacial score (nSPS) is 10.7. The maximum Gasteiger partial charge on any atom is 0.174 e. The smallest absolute Gasteiger partial charge is 0.174 e. The molecule has 0 aliphatic carbocycles. The van der Waals surface area contributed by atoms with Crippen molar-refractivity contribution in [3.8, 4) is 5.82 Å². The lowest BCUT2D eigenvalue weighted by molar-refractivity contribution is 0.803. The van der Waals surface area contributed by atoms with Gasteiger partial charge in [0, 0.05) is 10.7 Å². The molecule has 0 unspecified atom stereocenters. The SMILES string of the molecule is Cc1nc(C)n(-c2ncc(Br)cc2Cl)n1. The van der Waals surface area contributed by atoms with E-state index in [1.807, 2.05) is 13.8 Å². The summed E-state index contributed by atoms with van der Waals surface area (Å²) in [5.41, 5.74) is 0. The molecule has 2 heterocycles. The van der Waals surface area contributed by atoms with Crippen molar-refractivity contribution in [2.45, 2.75) is 13.8 Å². The van der Waals surface area contributed by atoms with Crippen LogP contribution in [0.1, 0.15) is 11.6 Å². The molecule has 0 aliphatic rings. The molecule has 0 aromatic carbocycles. The van der Waals surface area contributed by atoms with E-state index in [4.69, 9.17) is 11.6 Å². The number of aromatic nitrogens is 4. The van der Waals surface area contributed by atoms with Crippen molar-refractivity contribution in [1.29, 1.82) is 0 Å². The fraction of sp³-hybridized carbons (Fsp3) is 0.222. The maximum atomic E-state index is 6.06. The van der Waals surface area contributed by atoms with Gasteiger partial charge in [0.15, 0.2) is 5.82 Å². The Morgan fingerprint density at radius 2 is 2.13 bits per heavy atom. The molecule has 0 fully saturated rings. The van der Waals surface area contributed by atoms with Gasteiger partial charge in [-0.15, -0.1) is 5.10 Å². The average molecular weight is 288 g/mol. The summed E-state index contributed by atoms with van der Waals surface area (Å²) in [5, 5.41) is 4.75. The number of hydrogen-bond acceptors (Lipinski definition) is 3. The molecule has 0 amide bonds. The van der Waals surface area contributed by atoms with Gasteiger partial charge in [-0.05, 0) is 35.8 Å². The van der Waals surface area contributed by atoms with Gasteiger partial charge in [0.1, 0.15) is 11.6 Å². The van der Waals surface area contributed by atoms with E-state index in [1.165, 1.54) is 0 Å². The van der Waals surface area contributed by atoms with Crippen LogP contribution < -0.4 is 0 Å². The third-order valence-electron chi connectivity index (χ3n) is 1.86. The lowest BCUT2D eigenvalue weighted by atomic mass is 10.4. The highest BCUT2D eigenvalue weighted by atomic mass is 79.9. The number of halogens is 2. The molecule has 0 saturated heterocycles. The molecule has 4 nitrogen and oxygen atoms in total. The second-order valence-corrected chi connectivity index (χ2v) is 4.40. The molecule has 2 aromatic heterocycles. The monoisotopic (exact) mass is 286 g/mol. The molecule has 78 valence electrons. The molecule has 0 bridgehead atoms. The number of hydrogen-bond donors (Lipinski definition) is 0. The van der Waals surface area contributed by atoms with Gasteiger partial charge >= 0.3 is 0 Å². The van der Waals surface area contributed by atoms with Crippen molar-refractivity contribution in [3.63, 3.8) is 0 Å². The quantitative estimate of drug-likeness (QED) is 0.810. The molecular weight excluding hydrogens is 279 g/mol. The van der Waals surface area contributed by atoms with Crippen LogP contribution in [-0.2, 0) is 0 Å². The van der Waals surface area contributed by atoms with Gasteiger partial charge in [0.05, 0.1) is 5.02 Å². The fourth-order valence-corrected chi connectivity index (χ4v) is 1.99. The summed E-state index contributed by atoms with van der Waals surface area (Å²) in [6.07, 6.45) is 1.68. The Kier molecular flexibility index (Phi) is 2.75. The minimum Gasteiger partial charge on any atom is -0.235 e. The Bertz CT molecular complexity index is 509. The van der Waals surface area contributed by atoms with E-state index >= 15 is 0 Å². The molecule has 0 aliphatic heterocycles. The summed E-state index contributed by atoms with van der Waals surface area (Å²) in [5.74, 6) is 2.07. The second-order valence-electron chi connectivity index (χ2n) is 3.08. The van der Waals surface area contributed by atoms with E-state index < -0.39 is 0 Å². The van der Waals surface area contributed by atoms with Crippen LogP contribution in [0.25, 0.3) is 5.82 Å². The Morgan fingerprint density at radius 3 is 2.67 bits per heavy atom. The maximum absolute atomic E-state index is 6.06. The summed E-state index contributed by atoms with van der Waals surface area (Å²) >= 11 is 9.36. The first kappa shape index (κ1) is 10.6. The van der Waals surface area contributed by atoms with Crippen LogP contribution in [0.15, 0.2) is 16.7 Å². The van der Waals surface area contributed by atoms with Crippen molar-refractivity contribution in [3.05, 3.63) is 33.4 Å². The van der Waals surface area contributed by atoms with Gasteiger partial charge in [-0.2, -0.15) is 4.68 Å². The Morgan fingerprint density at radius 1 is 1.40 bits per heavy atom. The van der Waals surface area contributed by atoms with Crippen molar-refractivity contribution in [1.82, 2.24) is 19.7 Å². The summed E-state index contributed by atoms with van der Waals surface area (Å²) < 4.78 is 2.47. The molecule has 2 aromatic rings. The van der Waals surface area contributed by atoms with Crippen molar-refractivity contribution >= 4 is 27.5 Å². The first-order valence-electron chi connectivity index (χ1n) is 4.29. The zero-order valence-electron chi connectivity index (χ0n) is 8.20. The Labute approximate surface area is 100 Å². The molecule has 6 heteroatoms. The molecule has 15 heavy (non-hydrogen) atoms. The molecule has 2 rings (SSSR count). The highest BCUT2D eigenvalue weighted by molar-refractivity contribution is 9.10. The van der Waals surface area contributed by atoms with Crippen LogP contribution in [0.5, 0.6) is 0 Å². The average Bonchev–Trinajstić information content (AvgIpc) is 2.45. The molecule has 0 spiro atoms. The topological polar surface area (TPSA) is 43.6 Å². The summed E-state index contributed by atoms with van der Waals surface area (Å²) in [4.78, 5) is 8.40. The predicted molar refractivity (Wildman–Crippen MR) is 61.3 cm³/mol. The molecule has 0 atom stereocenters. The second kappa shape index (κ2) is 3.90. The van der Waals surface area contributed by atoms with Crippen LogP contribution in [-0.4, -0.2) is 19.7 Å². The largest absolute Gasteiger partial charge is 0.235 e. The fourth-order valence-electron chi connectivity index (χ4n) is 1.28. The van der Waals surface area contributed by atoms with Crippen molar-refractivity contribution < 1.29 is 0 Å². The van der Waals surface area contributed by atoms with E-state index in [2.05, 4.69) is 31.0 Å². The lowest BCUT2D eigenvalue weighted by Crippen LogP contribution is -2.02. The highest BCUT2D eigenvalue weighted by Gasteiger charge is 2.10. The summed E-state index contributed by atoms with van der Waals surface area (Å²) in [6.45, 7) is 3.69. The van der Waals surface area contributed by atoms with Gasteiger partial charge in [0.25, 0.3) is 0 Å².